The third kappa shape index (κ3) is 6.26. The lowest BCUT2D eigenvalue weighted by molar-refractivity contribution is 0.0634. The highest BCUT2D eigenvalue weighted by atomic mass is 16.5. The predicted molar refractivity (Wildman–Crippen MR) is 144 cm³/mol. The van der Waals surface area contributed by atoms with Crippen LogP contribution in [0.3, 0.4) is 0 Å². The standard InChI is InChI=1S/C31H35N3O2/c1-3-18-34(27-13-5-4-6-14-27)31(35)25-12-9-10-24(19-25)22-33-29-20-28(17-16-23(29)2)36-30-15-8-7-11-26(30)21-32/h7-12,15-17,19-20,27,33H,3-6,13-14,18,22H2,1-2H3. The Labute approximate surface area is 214 Å². The first-order chi connectivity index (χ1) is 17.6. The van der Waals surface area contributed by atoms with Gasteiger partial charge < -0.3 is 15.0 Å². The Bertz CT molecular complexity index is 1220. The van der Waals surface area contributed by atoms with Gasteiger partial charge in [-0.05, 0) is 67.6 Å². The van der Waals surface area contributed by atoms with Gasteiger partial charge in [-0.15, -0.1) is 0 Å². The SMILES string of the molecule is CCCN(C(=O)c1cccc(CNc2cc(Oc3ccccc3C#N)ccc2C)c1)C1CCCCC1. The van der Waals surface area contributed by atoms with Gasteiger partial charge in [-0.3, -0.25) is 4.79 Å². The molecule has 0 unspecified atom stereocenters. The van der Waals surface area contributed by atoms with E-state index < -0.39 is 0 Å². The van der Waals surface area contributed by atoms with Crippen LogP contribution in [0.25, 0.3) is 0 Å². The van der Waals surface area contributed by atoms with E-state index in [9.17, 15) is 10.1 Å². The van der Waals surface area contributed by atoms with Crippen molar-refractivity contribution in [2.45, 2.75) is 65.0 Å². The Morgan fingerprint density at radius 2 is 1.86 bits per heavy atom. The lowest BCUT2D eigenvalue weighted by Gasteiger charge is -2.34. The van der Waals surface area contributed by atoms with Crippen molar-refractivity contribution in [1.29, 1.82) is 5.26 Å². The van der Waals surface area contributed by atoms with Gasteiger partial charge in [0, 0.05) is 36.4 Å². The molecule has 5 heteroatoms. The molecule has 1 aliphatic carbocycles. The van der Waals surface area contributed by atoms with E-state index in [2.05, 4.69) is 23.2 Å². The first kappa shape index (κ1) is 25.3. The summed E-state index contributed by atoms with van der Waals surface area (Å²) in [7, 11) is 0. The second-order valence-electron chi connectivity index (χ2n) is 9.53. The minimum Gasteiger partial charge on any atom is -0.456 e. The summed E-state index contributed by atoms with van der Waals surface area (Å²) in [5, 5.41) is 12.8. The van der Waals surface area contributed by atoms with Gasteiger partial charge in [0.05, 0.1) is 5.56 Å². The lowest BCUT2D eigenvalue weighted by Crippen LogP contribution is -2.42. The summed E-state index contributed by atoms with van der Waals surface area (Å²) in [5.41, 5.74) is 4.36. The molecule has 4 rings (SSSR count). The summed E-state index contributed by atoms with van der Waals surface area (Å²) in [6, 6.07) is 23.6. The zero-order valence-electron chi connectivity index (χ0n) is 21.3. The first-order valence-corrected chi connectivity index (χ1v) is 13.0. The van der Waals surface area contributed by atoms with Crippen LogP contribution < -0.4 is 10.1 Å². The predicted octanol–water partition coefficient (Wildman–Crippen LogP) is 7.46. The summed E-state index contributed by atoms with van der Waals surface area (Å²) in [5.74, 6) is 1.35. The molecule has 0 radical (unpaired) electrons. The fourth-order valence-electron chi connectivity index (χ4n) is 4.89. The molecular weight excluding hydrogens is 446 g/mol. The van der Waals surface area contributed by atoms with Crippen LogP contribution in [0.15, 0.2) is 66.7 Å². The average molecular weight is 482 g/mol. The number of carbonyl (C=O) groups excluding carboxylic acids is 1. The Kier molecular flexibility index (Phi) is 8.62. The van der Waals surface area contributed by atoms with Crippen LogP contribution >= 0.6 is 0 Å². The number of benzene rings is 3. The minimum atomic E-state index is 0.147. The Balaban J connectivity index is 1.46. The molecule has 0 bridgehead atoms. The summed E-state index contributed by atoms with van der Waals surface area (Å²) in [4.78, 5) is 15.6. The Morgan fingerprint density at radius 1 is 1.06 bits per heavy atom. The normalized spacial score (nSPS) is 13.6. The van der Waals surface area contributed by atoms with Crippen molar-refractivity contribution in [2.24, 2.45) is 0 Å². The van der Waals surface area contributed by atoms with Crippen LogP contribution in [-0.2, 0) is 6.54 Å². The van der Waals surface area contributed by atoms with E-state index in [1.807, 2.05) is 61.5 Å². The van der Waals surface area contributed by atoms with Gasteiger partial charge in [0.1, 0.15) is 17.6 Å². The number of hydrogen-bond donors (Lipinski definition) is 1. The molecule has 3 aromatic carbocycles. The molecule has 36 heavy (non-hydrogen) atoms. The van der Waals surface area contributed by atoms with Crippen molar-refractivity contribution >= 4 is 11.6 Å². The second-order valence-corrected chi connectivity index (χ2v) is 9.53. The van der Waals surface area contributed by atoms with Gasteiger partial charge >= 0.3 is 0 Å². The number of ether oxygens (including phenoxy) is 1. The summed E-state index contributed by atoms with van der Waals surface area (Å²) < 4.78 is 5.99. The van der Waals surface area contributed by atoms with E-state index in [0.717, 1.165) is 48.2 Å². The minimum absolute atomic E-state index is 0.147. The molecule has 1 saturated carbocycles. The van der Waals surface area contributed by atoms with Crippen molar-refractivity contribution in [3.05, 3.63) is 89.0 Å². The Hall–Kier alpha value is -3.78. The molecule has 0 saturated heterocycles. The zero-order chi connectivity index (χ0) is 25.3. The van der Waals surface area contributed by atoms with Crippen molar-refractivity contribution in [2.75, 3.05) is 11.9 Å². The molecule has 1 fully saturated rings. The maximum atomic E-state index is 13.5. The van der Waals surface area contributed by atoms with Crippen LogP contribution in [-0.4, -0.2) is 23.4 Å². The third-order valence-corrected chi connectivity index (χ3v) is 6.84. The van der Waals surface area contributed by atoms with E-state index in [-0.39, 0.29) is 5.91 Å². The number of para-hydroxylation sites is 1. The molecule has 0 heterocycles. The van der Waals surface area contributed by atoms with E-state index in [1.54, 1.807) is 12.1 Å². The maximum Gasteiger partial charge on any atom is 0.254 e. The molecule has 186 valence electrons. The molecular formula is C31H35N3O2. The number of aryl methyl sites for hydroxylation is 1. The molecule has 1 aliphatic rings. The highest BCUT2D eigenvalue weighted by molar-refractivity contribution is 5.94. The number of rotatable bonds is 9. The third-order valence-electron chi connectivity index (χ3n) is 6.84. The molecule has 5 nitrogen and oxygen atoms in total. The van der Waals surface area contributed by atoms with Crippen molar-refractivity contribution in [1.82, 2.24) is 4.90 Å². The molecule has 1 N–H and O–H groups in total. The fraction of sp³-hybridized carbons (Fsp3) is 0.355. The van der Waals surface area contributed by atoms with Crippen LogP contribution in [0.2, 0.25) is 0 Å². The second kappa shape index (κ2) is 12.3. The van der Waals surface area contributed by atoms with E-state index >= 15 is 0 Å². The number of hydrogen-bond acceptors (Lipinski definition) is 4. The lowest BCUT2D eigenvalue weighted by atomic mass is 9.93. The molecule has 0 aliphatic heterocycles. The molecule has 0 aromatic heterocycles. The smallest absolute Gasteiger partial charge is 0.254 e. The largest absolute Gasteiger partial charge is 0.456 e. The highest BCUT2D eigenvalue weighted by Crippen LogP contribution is 2.29. The van der Waals surface area contributed by atoms with Crippen LogP contribution in [0.1, 0.15) is 72.5 Å². The van der Waals surface area contributed by atoms with Gasteiger partial charge in [-0.25, -0.2) is 0 Å². The summed E-state index contributed by atoms with van der Waals surface area (Å²) >= 11 is 0. The number of nitrogens with one attached hydrogen (secondary N) is 1. The number of carbonyl (C=O) groups is 1. The topological polar surface area (TPSA) is 65.4 Å². The van der Waals surface area contributed by atoms with Crippen molar-refractivity contribution < 1.29 is 9.53 Å². The number of amides is 1. The van der Waals surface area contributed by atoms with E-state index in [0.29, 0.717) is 29.6 Å². The van der Waals surface area contributed by atoms with E-state index in [1.165, 1.54) is 19.3 Å². The maximum absolute atomic E-state index is 13.5. The summed E-state index contributed by atoms with van der Waals surface area (Å²) in [6.07, 6.45) is 6.91. The van der Waals surface area contributed by atoms with Gasteiger partial charge in [0.25, 0.3) is 5.91 Å². The molecule has 1 amide bonds. The quantitative estimate of drug-likeness (QED) is 0.344. The van der Waals surface area contributed by atoms with E-state index in [4.69, 9.17) is 4.74 Å². The van der Waals surface area contributed by atoms with Gasteiger partial charge in [0.15, 0.2) is 0 Å². The van der Waals surface area contributed by atoms with Crippen molar-refractivity contribution in [3.8, 4) is 17.6 Å². The highest BCUT2D eigenvalue weighted by Gasteiger charge is 2.25. The van der Waals surface area contributed by atoms with Gasteiger partial charge in [-0.2, -0.15) is 5.26 Å². The van der Waals surface area contributed by atoms with Crippen LogP contribution in [0.4, 0.5) is 5.69 Å². The Morgan fingerprint density at radius 3 is 2.64 bits per heavy atom. The molecule has 0 atom stereocenters. The number of nitriles is 1. The zero-order valence-corrected chi connectivity index (χ0v) is 21.3. The fourth-order valence-corrected chi connectivity index (χ4v) is 4.89. The van der Waals surface area contributed by atoms with Crippen molar-refractivity contribution in [3.63, 3.8) is 0 Å². The number of nitrogens with zero attached hydrogens (tertiary/aromatic N) is 2. The van der Waals surface area contributed by atoms with Gasteiger partial charge in [0.2, 0.25) is 0 Å². The first-order valence-electron chi connectivity index (χ1n) is 13.0. The summed E-state index contributed by atoms with van der Waals surface area (Å²) in [6.45, 7) is 5.59. The average Bonchev–Trinajstić information content (AvgIpc) is 2.92. The molecule has 0 spiro atoms. The molecule has 3 aromatic rings. The monoisotopic (exact) mass is 481 g/mol. The van der Waals surface area contributed by atoms with Gasteiger partial charge in [-0.1, -0.05) is 56.5 Å². The van der Waals surface area contributed by atoms with Crippen LogP contribution in [0.5, 0.6) is 11.5 Å². The number of anilines is 1. The van der Waals surface area contributed by atoms with Crippen LogP contribution in [0, 0.1) is 18.3 Å².